The lowest BCUT2D eigenvalue weighted by Crippen LogP contribution is -2.53. The Kier molecular flexibility index (Phi) is 4.44. The van der Waals surface area contributed by atoms with Crippen LogP contribution in [0.5, 0.6) is 5.75 Å². The van der Waals surface area contributed by atoms with Crippen LogP contribution in [-0.2, 0) is 14.8 Å². The second-order valence-electron chi connectivity index (χ2n) is 6.96. The van der Waals surface area contributed by atoms with Crippen molar-refractivity contribution in [3.05, 3.63) is 30.5 Å². The Morgan fingerprint density at radius 3 is 2.81 bits per heavy atom. The average molecular weight is 374 g/mol. The van der Waals surface area contributed by atoms with Gasteiger partial charge in [-0.1, -0.05) is 25.0 Å². The van der Waals surface area contributed by atoms with Gasteiger partial charge in [-0.05, 0) is 25.0 Å². The predicted molar refractivity (Wildman–Crippen MR) is 97.6 cm³/mol. The van der Waals surface area contributed by atoms with E-state index in [1.165, 1.54) is 6.20 Å². The minimum atomic E-state index is -3.72. The third-order valence-electron chi connectivity index (χ3n) is 5.59. The van der Waals surface area contributed by atoms with Crippen LogP contribution in [0.15, 0.2) is 35.4 Å². The number of carbonyl (C=O) groups is 1. The number of ether oxygens (including phenoxy) is 1. The van der Waals surface area contributed by atoms with Crippen LogP contribution in [0.25, 0.3) is 10.9 Å². The number of fused-ring (bicyclic) bond motifs is 2. The van der Waals surface area contributed by atoms with Crippen molar-refractivity contribution in [2.45, 2.75) is 43.0 Å². The van der Waals surface area contributed by atoms with Crippen LogP contribution in [0.2, 0.25) is 0 Å². The van der Waals surface area contributed by atoms with Crippen LogP contribution in [0.3, 0.4) is 0 Å². The van der Waals surface area contributed by atoms with E-state index in [4.69, 9.17) is 4.74 Å². The first-order valence-electron chi connectivity index (χ1n) is 9.00. The largest absolute Gasteiger partial charge is 0.494 e. The van der Waals surface area contributed by atoms with Crippen LogP contribution in [0.4, 0.5) is 0 Å². The molecule has 138 valence electrons. The summed E-state index contributed by atoms with van der Waals surface area (Å²) in [6.07, 6.45) is 5.31. The zero-order chi connectivity index (χ0) is 18.3. The Morgan fingerprint density at radius 1 is 1.19 bits per heavy atom. The van der Waals surface area contributed by atoms with E-state index in [0.29, 0.717) is 23.1 Å². The van der Waals surface area contributed by atoms with E-state index in [-0.39, 0.29) is 29.2 Å². The molecule has 2 fully saturated rings. The number of sulfonamides is 1. The number of nitrogens with zero attached hydrogens (tertiary/aromatic N) is 2. The maximum atomic E-state index is 13.5. The quantitative estimate of drug-likeness (QED) is 0.826. The molecule has 1 saturated heterocycles. The van der Waals surface area contributed by atoms with E-state index in [1.54, 1.807) is 35.7 Å². The number of methoxy groups -OCH3 is 1. The van der Waals surface area contributed by atoms with Gasteiger partial charge < -0.3 is 4.74 Å². The summed E-state index contributed by atoms with van der Waals surface area (Å²) >= 11 is 0. The standard InChI is InChI=1S/C19H22N2O4S/c1-25-17-8-4-6-14-18(9-11-20-19(14)17)26(23,24)21-12-10-16(22)13-5-2-3-7-15(13)21/h4,6,8-9,11,13,15H,2-3,5,7,10,12H2,1H3/t13-,15-/m0/s1. The molecular weight excluding hydrogens is 352 g/mol. The molecule has 2 aliphatic rings. The highest BCUT2D eigenvalue weighted by Gasteiger charge is 2.44. The zero-order valence-corrected chi connectivity index (χ0v) is 15.5. The highest BCUT2D eigenvalue weighted by Crippen LogP contribution is 2.38. The number of benzene rings is 1. The SMILES string of the molecule is COc1cccc2c(S(=O)(=O)N3CCC(=O)[C@H]4CCCC[C@@H]43)ccnc12. The van der Waals surface area contributed by atoms with Gasteiger partial charge in [-0.3, -0.25) is 9.78 Å². The topological polar surface area (TPSA) is 76.6 Å². The van der Waals surface area contributed by atoms with Gasteiger partial charge in [0.2, 0.25) is 10.0 Å². The van der Waals surface area contributed by atoms with Crippen molar-refractivity contribution in [1.29, 1.82) is 0 Å². The number of para-hydroxylation sites is 1. The Labute approximate surface area is 153 Å². The smallest absolute Gasteiger partial charge is 0.244 e. The number of piperidine rings is 1. The first-order valence-corrected chi connectivity index (χ1v) is 10.4. The molecular formula is C19H22N2O4S. The zero-order valence-electron chi connectivity index (χ0n) is 14.7. The highest BCUT2D eigenvalue weighted by atomic mass is 32.2. The number of carbonyl (C=O) groups excluding carboxylic acids is 1. The molecule has 2 aromatic rings. The molecule has 26 heavy (non-hydrogen) atoms. The molecule has 0 radical (unpaired) electrons. The van der Waals surface area contributed by atoms with Gasteiger partial charge in [-0.25, -0.2) is 8.42 Å². The maximum Gasteiger partial charge on any atom is 0.244 e. The number of Topliss-reactive ketones (excluding diaryl/α,β-unsaturated/α-hetero) is 1. The lowest BCUT2D eigenvalue weighted by atomic mass is 9.79. The van der Waals surface area contributed by atoms with Gasteiger partial charge in [-0.2, -0.15) is 4.31 Å². The molecule has 6 nitrogen and oxygen atoms in total. The Balaban J connectivity index is 1.82. The minimum absolute atomic E-state index is 0.157. The summed E-state index contributed by atoms with van der Waals surface area (Å²) < 4.78 is 33.9. The molecule has 1 aliphatic carbocycles. The molecule has 7 heteroatoms. The summed E-state index contributed by atoms with van der Waals surface area (Å²) in [4.78, 5) is 16.8. The molecule has 0 spiro atoms. The van der Waals surface area contributed by atoms with E-state index in [9.17, 15) is 13.2 Å². The maximum absolute atomic E-state index is 13.5. The highest BCUT2D eigenvalue weighted by molar-refractivity contribution is 7.89. The van der Waals surface area contributed by atoms with Gasteiger partial charge in [-0.15, -0.1) is 0 Å². The second-order valence-corrected chi connectivity index (χ2v) is 8.81. The van der Waals surface area contributed by atoms with Crippen molar-refractivity contribution in [1.82, 2.24) is 9.29 Å². The van der Waals surface area contributed by atoms with E-state index in [1.807, 2.05) is 0 Å². The van der Waals surface area contributed by atoms with Gasteiger partial charge in [0.1, 0.15) is 17.0 Å². The van der Waals surface area contributed by atoms with Crippen LogP contribution >= 0.6 is 0 Å². The summed E-state index contributed by atoms with van der Waals surface area (Å²) in [5.41, 5.74) is 0.532. The van der Waals surface area contributed by atoms with Crippen molar-refractivity contribution in [3.8, 4) is 5.75 Å². The monoisotopic (exact) mass is 374 g/mol. The minimum Gasteiger partial charge on any atom is -0.494 e. The molecule has 4 rings (SSSR count). The van der Waals surface area contributed by atoms with Crippen molar-refractivity contribution >= 4 is 26.7 Å². The molecule has 1 saturated carbocycles. The van der Waals surface area contributed by atoms with Crippen molar-refractivity contribution < 1.29 is 17.9 Å². The lowest BCUT2D eigenvalue weighted by Gasteiger charge is -2.42. The average Bonchev–Trinajstić information content (AvgIpc) is 2.67. The number of hydrogen-bond donors (Lipinski definition) is 0. The van der Waals surface area contributed by atoms with Crippen LogP contribution < -0.4 is 4.74 Å². The molecule has 0 bridgehead atoms. The molecule has 2 heterocycles. The summed E-state index contributed by atoms with van der Waals surface area (Å²) in [6.45, 7) is 0.260. The van der Waals surface area contributed by atoms with Gasteiger partial charge in [0.05, 0.1) is 12.0 Å². The summed E-state index contributed by atoms with van der Waals surface area (Å²) in [6, 6.07) is 6.62. The normalized spacial score (nSPS) is 24.4. The fourth-order valence-electron chi connectivity index (χ4n) is 4.34. The van der Waals surface area contributed by atoms with Crippen LogP contribution in [-0.4, -0.2) is 43.2 Å². The lowest BCUT2D eigenvalue weighted by molar-refractivity contribution is -0.128. The molecule has 2 atom stereocenters. The number of aromatic nitrogens is 1. The molecule has 0 unspecified atom stereocenters. The summed E-state index contributed by atoms with van der Waals surface area (Å²) in [5, 5.41) is 0.552. The van der Waals surface area contributed by atoms with E-state index < -0.39 is 10.0 Å². The fraction of sp³-hybridized carbons (Fsp3) is 0.474. The number of rotatable bonds is 3. The molecule has 1 aromatic carbocycles. The first-order chi connectivity index (χ1) is 12.5. The Hall–Kier alpha value is -1.99. The van der Waals surface area contributed by atoms with Gasteiger partial charge in [0.15, 0.2) is 0 Å². The predicted octanol–water partition coefficient (Wildman–Crippen LogP) is 2.77. The van der Waals surface area contributed by atoms with E-state index >= 15 is 0 Å². The third-order valence-corrected chi connectivity index (χ3v) is 7.57. The summed E-state index contributed by atoms with van der Waals surface area (Å²) in [5.74, 6) is 0.598. The van der Waals surface area contributed by atoms with Crippen LogP contribution in [0, 0.1) is 5.92 Å². The second kappa shape index (κ2) is 6.63. The number of pyridine rings is 1. The number of hydrogen-bond acceptors (Lipinski definition) is 5. The Bertz CT molecular complexity index is 957. The fourth-order valence-corrected chi connectivity index (χ4v) is 6.21. The first kappa shape index (κ1) is 17.4. The van der Waals surface area contributed by atoms with Crippen LogP contribution in [0.1, 0.15) is 32.1 Å². The molecule has 0 N–H and O–H groups in total. The number of ketones is 1. The van der Waals surface area contributed by atoms with Gasteiger partial charge in [0, 0.05) is 36.5 Å². The van der Waals surface area contributed by atoms with Crippen molar-refractivity contribution in [2.75, 3.05) is 13.7 Å². The van der Waals surface area contributed by atoms with E-state index in [2.05, 4.69) is 4.98 Å². The van der Waals surface area contributed by atoms with Gasteiger partial charge >= 0.3 is 0 Å². The third kappa shape index (κ3) is 2.70. The van der Waals surface area contributed by atoms with Crippen molar-refractivity contribution in [2.24, 2.45) is 5.92 Å². The van der Waals surface area contributed by atoms with Gasteiger partial charge in [0.25, 0.3) is 0 Å². The summed E-state index contributed by atoms with van der Waals surface area (Å²) in [7, 11) is -2.18. The molecule has 1 aliphatic heterocycles. The molecule has 0 amide bonds. The van der Waals surface area contributed by atoms with Crippen molar-refractivity contribution in [3.63, 3.8) is 0 Å². The Morgan fingerprint density at radius 2 is 2.00 bits per heavy atom. The molecule has 1 aromatic heterocycles. The van der Waals surface area contributed by atoms with E-state index in [0.717, 1.165) is 25.7 Å².